The summed E-state index contributed by atoms with van der Waals surface area (Å²) in [5.74, 6) is 0.627. The van der Waals surface area contributed by atoms with Gasteiger partial charge in [0.05, 0.1) is 0 Å². The topological polar surface area (TPSA) is 54.0 Å². The maximum absolute atomic E-state index is 6.14. The van der Waals surface area contributed by atoms with E-state index in [4.69, 9.17) is 4.74 Å². The van der Waals surface area contributed by atoms with Gasteiger partial charge in [-0.05, 0) is 55.0 Å². The van der Waals surface area contributed by atoms with Crippen LogP contribution in [-0.4, -0.2) is 45.6 Å². The van der Waals surface area contributed by atoms with Crippen LogP contribution in [0.25, 0.3) is 22.0 Å². The molecular formula is C20H22N4O. The van der Waals surface area contributed by atoms with Crippen LogP contribution in [0.15, 0.2) is 42.9 Å². The number of piperidine rings is 2. The lowest BCUT2D eigenvalue weighted by Crippen LogP contribution is -2.49. The molecule has 0 amide bonds. The van der Waals surface area contributed by atoms with E-state index in [1.807, 2.05) is 18.6 Å². The minimum Gasteiger partial charge on any atom is -0.460 e. The number of rotatable bonds is 3. The third-order valence-electron chi connectivity index (χ3n) is 5.57. The first-order chi connectivity index (χ1) is 12.3. The molecule has 2 aromatic heterocycles. The van der Waals surface area contributed by atoms with Crippen LogP contribution >= 0.6 is 0 Å². The van der Waals surface area contributed by atoms with Crippen LogP contribution in [0.5, 0.6) is 6.01 Å². The maximum atomic E-state index is 6.14. The Morgan fingerprint density at radius 2 is 1.96 bits per heavy atom. The zero-order valence-electron chi connectivity index (χ0n) is 14.2. The molecule has 1 unspecified atom stereocenters. The number of aromatic nitrogens is 3. The molecule has 1 aromatic carbocycles. The van der Waals surface area contributed by atoms with Crippen LogP contribution < -0.4 is 4.74 Å². The second kappa shape index (κ2) is 6.15. The van der Waals surface area contributed by atoms with Crippen molar-refractivity contribution in [2.24, 2.45) is 5.92 Å². The predicted octanol–water partition coefficient (Wildman–Crippen LogP) is 3.49. The van der Waals surface area contributed by atoms with E-state index in [-0.39, 0.29) is 6.10 Å². The molecule has 128 valence electrons. The Morgan fingerprint density at radius 1 is 1.04 bits per heavy atom. The van der Waals surface area contributed by atoms with Crippen molar-refractivity contribution in [3.8, 4) is 17.1 Å². The third kappa shape index (κ3) is 2.89. The Labute approximate surface area is 147 Å². The summed E-state index contributed by atoms with van der Waals surface area (Å²) in [6.07, 6.45) is 9.58. The monoisotopic (exact) mass is 334 g/mol. The fourth-order valence-electron chi connectivity index (χ4n) is 4.19. The number of hydrogen-bond acceptors (Lipinski definition) is 4. The van der Waals surface area contributed by atoms with Gasteiger partial charge < -0.3 is 14.6 Å². The summed E-state index contributed by atoms with van der Waals surface area (Å²) in [4.78, 5) is 14.7. The number of H-pyrrole nitrogens is 1. The highest BCUT2D eigenvalue weighted by Gasteiger charge is 2.33. The second-order valence-corrected chi connectivity index (χ2v) is 7.18. The van der Waals surface area contributed by atoms with Gasteiger partial charge in [-0.2, -0.15) is 0 Å². The van der Waals surface area contributed by atoms with E-state index in [1.165, 1.54) is 31.3 Å². The second-order valence-electron chi connectivity index (χ2n) is 7.18. The third-order valence-corrected chi connectivity index (χ3v) is 5.57. The summed E-state index contributed by atoms with van der Waals surface area (Å²) in [5.41, 5.74) is 3.28. The normalized spacial score (nSPS) is 25.8. The van der Waals surface area contributed by atoms with E-state index in [0.29, 0.717) is 11.9 Å². The van der Waals surface area contributed by atoms with Crippen LogP contribution in [0.1, 0.15) is 19.3 Å². The average Bonchev–Trinajstić information content (AvgIpc) is 3.13. The molecule has 0 saturated carbocycles. The molecule has 2 bridgehead atoms. The Balaban J connectivity index is 1.32. The Morgan fingerprint density at radius 3 is 2.88 bits per heavy atom. The van der Waals surface area contributed by atoms with E-state index < -0.39 is 0 Å². The molecule has 2 aliphatic rings. The minimum absolute atomic E-state index is 0.263. The van der Waals surface area contributed by atoms with Gasteiger partial charge in [0.2, 0.25) is 0 Å². The van der Waals surface area contributed by atoms with Gasteiger partial charge in [0.15, 0.2) is 0 Å². The van der Waals surface area contributed by atoms with Crippen molar-refractivity contribution < 1.29 is 4.74 Å². The smallest absolute Gasteiger partial charge is 0.316 e. The van der Waals surface area contributed by atoms with E-state index in [9.17, 15) is 0 Å². The van der Waals surface area contributed by atoms with Gasteiger partial charge in [0.1, 0.15) is 6.10 Å². The molecule has 5 nitrogen and oxygen atoms in total. The predicted molar refractivity (Wildman–Crippen MR) is 97.5 cm³/mol. The summed E-state index contributed by atoms with van der Waals surface area (Å²) in [5, 5.41) is 1.20. The molecule has 2 aliphatic heterocycles. The fraction of sp³-hybridized carbons (Fsp3) is 0.400. The van der Waals surface area contributed by atoms with Gasteiger partial charge in [0, 0.05) is 48.7 Å². The first kappa shape index (κ1) is 14.9. The Bertz CT molecular complexity index is 873. The van der Waals surface area contributed by atoms with E-state index in [1.54, 1.807) is 0 Å². The molecule has 5 rings (SSSR count). The number of aromatic amines is 1. The lowest BCUT2D eigenvalue weighted by atomic mass is 9.87. The van der Waals surface area contributed by atoms with Crippen LogP contribution in [0.3, 0.4) is 0 Å². The average molecular weight is 334 g/mol. The Kier molecular flexibility index (Phi) is 3.67. The Hall–Kier alpha value is -2.40. The molecule has 0 aliphatic carbocycles. The zero-order chi connectivity index (χ0) is 16.6. The summed E-state index contributed by atoms with van der Waals surface area (Å²) in [6.45, 7) is 3.55. The molecule has 2 saturated heterocycles. The number of benzene rings is 1. The highest BCUT2D eigenvalue weighted by molar-refractivity contribution is 5.84. The first-order valence-electron chi connectivity index (χ1n) is 9.14. The van der Waals surface area contributed by atoms with Crippen LogP contribution in [0.4, 0.5) is 0 Å². The van der Waals surface area contributed by atoms with Gasteiger partial charge in [-0.1, -0.05) is 6.07 Å². The SMILES string of the molecule is c1cc2cc(-c3cnc(O[C@H]4CCN5CCC[C@H]4C5)nc3)ccc2[nH]1. The maximum Gasteiger partial charge on any atom is 0.316 e. The van der Waals surface area contributed by atoms with E-state index >= 15 is 0 Å². The molecule has 1 N–H and O–H groups in total. The summed E-state index contributed by atoms with van der Waals surface area (Å²) in [6, 6.07) is 8.92. The van der Waals surface area contributed by atoms with Gasteiger partial charge in [-0.15, -0.1) is 0 Å². The molecule has 4 heterocycles. The standard InChI is InChI=1S/C20H22N4O/c1-2-16-13-24(8-1)9-6-19(16)25-20-22-11-17(12-23-20)14-3-4-18-15(10-14)5-7-21-18/h3-5,7,10-12,16,19,21H,1-2,6,8-9,13H2/t16-,19-/m0/s1. The number of ether oxygens (including phenoxy) is 1. The summed E-state index contributed by atoms with van der Waals surface area (Å²) >= 11 is 0. The summed E-state index contributed by atoms with van der Waals surface area (Å²) < 4.78 is 6.14. The molecule has 2 fully saturated rings. The first-order valence-corrected chi connectivity index (χ1v) is 9.14. The molecule has 3 atom stereocenters. The molecule has 5 heteroatoms. The minimum atomic E-state index is 0.263. The van der Waals surface area contributed by atoms with Crippen molar-refractivity contribution in [2.45, 2.75) is 25.4 Å². The molecule has 3 aromatic rings. The lowest BCUT2D eigenvalue weighted by molar-refractivity contribution is 0.0103. The van der Waals surface area contributed by atoms with Crippen molar-refractivity contribution in [3.63, 3.8) is 0 Å². The molecule has 25 heavy (non-hydrogen) atoms. The highest BCUT2D eigenvalue weighted by atomic mass is 16.5. The van der Waals surface area contributed by atoms with Crippen molar-refractivity contribution in [2.75, 3.05) is 19.6 Å². The van der Waals surface area contributed by atoms with Gasteiger partial charge >= 0.3 is 6.01 Å². The number of fused-ring (bicyclic) bond motifs is 3. The fourth-order valence-corrected chi connectivity index (χ4v) is 4.19. The number of hydrogen-bond donors (Lipinski definition) is 1. The van der Waals surface area contributed by atoms with Crippen molar-refractivity contribution >= 4 is 10.9 Å². The largest absolute Gasteiger partial charge is 0.460 e. The molecular weight excluding hydrogens is 312 g/mol. The van der Waals surface area contributed by atoms with Crippen LogP contribution in [0, 0.1) is 5.92 Å². The highest BCUT2D eigenvalue weighted by Crippen LogP contribution is 2.29. The number of nitrogens with one attached hydrogen (secondary N) is 1. The van der Waals surface area contributed by atoms with Gasteiger partial charge in [-0.25, -0.2) is 9.97 Å². The lowest BCUT2D eigenvalue weighted by Gasteiger charge is -2.41. The van der Waals surface area contributed by atoms with Gasteiger partial charge in [0.25, 0.3) is 0 Å². The van der Waals surface area contributed by atoms with Crippen LogP contribution in [-0.2, 0) is 0 Å². The van der Waals surface area contributed by atoms with Crippen LogP contribution in [0.2, 0.25) is 0 Å². The zero-order valence-corrected chi connectivity index (χ0v) is 14.2. The molecule has 0 spiro atoms. The van der Waals surface area contributed by atoms with E-state index in [2.05, 4.69) is 44.1 Å². The molecule has 0 radical (unpaired) electrons. The van der Waals surface area contributed by atoms with Crippen molar-refractivity contribution in [1.29, 1.82) is 0 Å². The van der Waals surface area contributed by atoms with E-state index in [0.717, 1.165) is 29.6 Å². The van der Waals surface area contributed by atoms with Crippen molar-refractivity contribution in [3.05, 3.63) is 42.9 Å². The quantitative estimate of drug-likeness (QED) is 0.797. The summed E-state index contributed by atoms with van der Waals surface area (Å²) in [7, 11) is 0. The number of nitrogens with zero attached hydrogens (tertiary/aromatic N) is 3. The van der Waals surface area contributed by atoms with Crippen molar-refractivity contribution in [1.82, 2.24) is 19.9 Å². The van der Waals surface area contributed by atoms with Gasteiger partial charge in [-0.3, -0.25) is 0 Å².